The number of urea groups is 1. The zero-order valence-corrected chi connectivity index (χ0v) is 27.3. The summed E-state index contributed by atoms with van der Waals surface area (Å²) < 4.78 is 11.7. The SMILES string of the molecule is CCOC(OCC)C(C)N(Cc1cccc2ccccc12)C(=O)C(C)NC(=O)CN(C)NC(=O)NCc1cccc2ccccc12. The molecule has 2 atom stereocenters. The fourth-order valence-electron chi connectivity index (χ4n) is 5.53. The lowest BCUT2D eigenvalue weighted by Gasteiger charge is -2.36. The van der Waals surface area contributed by atoms with E-state index in [1.54, 1.807) is 18.9 Å². The lowest BCUT2D eigenvalue weighted by atomic mass is 10.0. The molecule has 46 heavy (non-hydrogen) atoms. The fraction of sp³-hybridized carbons (Fsp3) is 0.361. The average molecular weight is 628 g/mol. The van der Waals surface area contributed by atoms with Gasteiger partial charge in [-0.05, 0) is 60.4 Å². The molecule has 0 saturated carbocycles. The Morgan fingerprint density at radius 3 is 1.91 bits per heavy atom. The minimum Gasteiger partial charge on any atom is -0.351 e. The predicted molar refractivity (Wildman–Crippen MR) is 181 cm³/mol. The number of hydrogen-bond donors (Lipinski definition) is 3. The summed E-state index contributed by atoms with van der Waals surface area (Å²) in [6.07, 6.45) is -0.639. The van der Waals surface area contributed by atoms with Gasteiger partial charge in [-0.25, -0.2) is 9.80 Å². The van der Waals surface area contributed by atoms with Gasteiger partial charge >= 0.3 is 6.03 Å². The van der Waals surface area contributed by atoms with Crippen LogP contribution in [0.5, 0.6) is 0 Å². The molecule has 0 aliphatic heterocycles. The molecular weight excluding hydrogens is 582 g/mol. The summed E-state index contributed by atoms with van der Waals surface area (Å²) in [5, 5.41) is 11.3. The van der Waals surface area contributed by atoms with Gasteiger partial charge in [0, 0.05) is 33.4 Å². The summed E-state index contributed by atoms with van der Waals surface area (Å²) in [6.45, 7) is 8.63. The van der Waals surface area contributed by atoms with E-state index in [9.17, 15) is 14.4 Å². The Balaban J connectivity index is 1.38. The van der Waals surface area contributed by atoms with E-state index in [4.69, 9.17) is 9.47 Å². The van der Waals surface area contributed by atoms with Crippen molar-refractivity contribution in [1.82, 2.24) is 26.0 Å². The predicted octanol–water partition coefficient (Wildman–Crippen LogP) is 4.96. The summed E-state index contributed by atoms with van der Waals surface area (Å²) in [7, 11) is 1.59. The second-order valence-corrected chi connectivity index (χ2v) is 11.2. The normalized spacial score (nSPS) is 12.7. The molecule has 0 bridgehead atoms. The molecule has 4 amide bonds. The smallest absolute Gasteiger partial charge is 0.329 e. The minimum absolute atomic E-state index is 0.154. The van der Waals surface area contributed by atoms with Crippen LogP contribution in [0.3, 0.4) is 0 Å². The minimum atomic E-state index is -0.845. The highest BCUT2D eigenvalue weighted by Gasteiger charge is 2.32. The standard InChI is InChI=1S/C36H45N5O5/c1-6-45-35(46-7-2)26(4)41(23-30-19-13-17-28-15-9-11-21-32(28)30)34(43)25(3)38-33(42)24-40(5)39-36(44)37-22-29-18-12-16-27-14-8-10-20-31(27)29/h8-21,25-26,35H,6-7,22-24H2,1-5H3,(H,38,42)(H2,37,39,44). The Kier molecular flexibility index (Phi) is 12.5. The first-order valence-electron chi connectivity index (χ1n) is 15.7. The molecule has 4 rings (SSSR count). The Morgan fingerprint density at radius 2 is 1.30 bits per heavy atom. The number of benzene rings is 4. The Labute approximate surface area is 271 Å². The van der Waals surface area contributed by atoms with Gasteiger partial charge in [0.25, 0.3) is 0 Å². The van der Waals surface area contributed by atoms with Crippen LogP contribution in [0, 0.1) is 0 Å². The van der Waals surface area contributed by atoms with Crippen molar-refractivity contribution >= 4 is 39.4 Å². The molecule has 0 radical (unpaired) electrons. The maximum atomic E-state index is 14.0. The Bertz CT molecular complexity index is 1610. The highest BCUT2D eigenvalue weighted by Crippen LogP contribution is 2.23. The van der Waals surface area contributed by atoms with Crippen molar-refractivity contribution < 1.29 is 23.9 Å². The van der Waals surface area contributed by atoms with E-state index < -0.39 is 30.3 Å². The lowest BCUT2D eigenvalue weighted by Crippen LogP contribution is -2.55. The second kappa shape index (κ2) is 16.7. The van der Waals surface area contributed by atoms with Crippen LogP contribution in [-0.2, 0) is 32.2 Å². The van der Waals surface area contributed by atoms with Crippen molar-refractivity contribution in [2.24, 2.45) is 0 Å². The van der Waals surface area contributed by atoms with Gasteiger partial charge in [0.1, 0.15) is 6.04 Å². The van der Waals surface area contributed by atoms with Crippen LogP contribution in [0.15, 0.2) is 84.9 Å². The molecule has 0 aliphatic carbocycles. The monoisotopic (exact) mass is 627 g/mol. The summed E-state index contributed by atoms with van der Waals surface area (Å²) >= 11 is 0. The number of nitrogens with one attached hydrogen (secondary N) is 3. The van der Waals surface area contributed by atoms with Gasteiger partial charge in [-0.15, -0.1) is 0 Å². The number of nitrogens with zero attached hydrogens (tertiary/aromatic N) is 2. The number of rotatable bonds is 15. The van der Waals surface area contributed by atoms with Crippen molar-refractivity contribution in [3.63, 3.8) is 0 Å². The molecule has 4 aromatic rings. The molecule has 10 nitrogen and oxygen atoms in total. The summed E-state index contributed by atoms with van der Waals surface area (Å²) in [6, 6.07) is 26.2. The van der Waals surface area contributed by atoms with Crippen molar-refractivity contribution in [2.75, 3.05) is 26.8 Å². The van der Waals surface area contributed by atoms with Crippen LogP contribution < -0.4 is 16.1 Å². The molecule has 0 fully saturated rings. The summed E-state index contributed by atoms with van der Waals surface area (Å²) in [5.74, 6) is -0.691. The number of carbonyl (C=O) groups is 3. The van der Waals surface area contributed by atoms with Gasteiger partial charge in [-0.2, -0.15) is 0 Å². The quantitative estimate of drug-likeness (QED) is 0.127. The number of hydrogen-bond acceptors (Lipinski definition) is 6. The number of likely N-dealkylation sites (N-methyl/N-ethyl adjacent to an activating group) is 1. The summed E-state index contributed by atoms with van der Waals surface area (Å²) in [4.78, 5) is 41.2. The molecular formula is C36H45N5O5. The first-order valence-corrected chi connectivity index (χ1v) is 15.7. The highest BCUT2D eigenvalue weighted by molar-refractivity contribution is 5.90. The van der Waals surface area contributed by atoms with E-state index in [1.807, 2.05) is 106 Å². The van der Waals surface area contributed by atoms with Gasteiger partial charge in [0.2, 0.25) is 11.8 Å². The Morgan fingerprint density at radius 1 is 0.761 bits per heavy atom. The molecule has 0 aromatic heterocycles. The topological polar surface area (TPSA) is 112 Å². The van der Waals surface area contributed by atoms with Crippen molar-refractivity contribution in [1.29, 1.82) is 0 Å². The van der Waals surface area contributed by atoms with E-state index in [0.717, 1.165) is 32.7 Å². The summed E-state index contributed by atoms with van der Waals surface area (Å²) in [5.41, 5.74) is 4.62. The van der Waals surface area contributed by atoms with Crippen LogP contribution in [-0.4, -0.2) is 72.9 Å². The van der Waals surface area contributed by atoms with E-state index >= 15 is 0 Å². The van der Waals surface area contributed by atoms with Crippen LogP contribution in [0.1, 0.15) is 38.8 Å². The molecule has 0 aliphatic rings. The van der Waals surface area contributed by atoms with Crippen LogP contribution in [0.25, 0.3) is 21.5 Å². The van der Waals surface area contributed by atoms with Gasteiger partial charge < -0.3 is 25.0 Å². The molecule has 4 aromatic carbocycles. The van der Waals surface area contributed by atoms with Crippen LogP contribution in [0.4, 0.5) is 4.79 Å². The first-order chi connectivity index (χ1) is 22.2. The number of carbonyl (C=O) groups excluding carboxylic acids is 3. The lowest BCUT2D eigenvalue weighted by molar-refractivity contribution is -0.179. The molecule has 0 spiro atoms. The Hall–Kier alpha value is -4.51. The van der Waals surface area contributed by atoms with E-state index in [2.05, 4.69) is 16.1 Å². The third-order valence-corrected chi connectivity index (χ3v) is 7.79. The van der Waals surface area contributed by atoms with E-state index in [-0.39, 0.29) is 12.5 Å². The van der Waals surface area contributed by atoms with Gasteiger partial charge in [0.05, 0.1) is 12.6 Å². The van der Waals surface area contributed by atoms with E-state index in [1.165, 1.54) is 5.01 Å². The van der Waals surface area contributed by atoms with Crippen molar-refractivity contribution in [3.05, 3.63) is 96.1 Å². The maximum Gasteiger partial charge on any atom is 0.329 e. The van der Waals surface area contributed by atoms with Gasteiger partial charge in [0.15, 0.2) is 6.29 Å². The molecule has 244 valence electrons. The molecule has 2 unspecified atom stereocenters. The van der Waals surface area contributed by atoms with Crippen molar-refractivity contribution in [3.8, 4) is 0 Å². The largest absolute Gasteiger partial charge is 0.351 e. The third-order valence-electron chi connectivity index (χ3n) is 7.79. The van der Waals surface area contributed by atoms with Crippen molar-refractivity contribution in [2.45, 2.75) is 59.2 Å². The molecule has 0 heterocycles. The van der Waals surface area contributed by atoms with Gasteiger partial charge in [-0.3, -0.25) is 15.0 Å². The molecule has 10 heteroatoms. The molecule has 3 N–H and O–H groups in total. The van der Waals surface area contributed by atoms with Gasteiger partial charge in [-0.1, -0.05) is 84.9 Å². The third kappa shape index (κ3) is 9.03. The zero-order valence-electron chi connectivity index (χ0n) is 27.3. The highest BCUT2D eigenvalue weighted by atomic mass is 16.7. The van der Waals surface area contributed by atoms with E-state index in [0.29, 0.717) is 26.3 Å². The number of amides is 4. The number of hydrazine groups is 1. The average Bonchev–Trinajstić information content (AvgIpc) is 3.05. The number of fused-ring (bicyclic) bond motifs is 2. The first kappa shape index (κ1) is 34.4. The van der Waals surface area contributed by atoms with Crippen LogP contribution >= 0.6 is 0 Å². The zero-order chi connectivity index (χ0) is 33.1. The number of ether oxygens (including phenoxy) is 2. The fourth-order valence-corrected chi connectivity index (χ4v) is 5.53. The molecule has 0 saturated heterocycles. The second-order valence-electron chi connectivity index (χ2n) is 11.2. The van der Waals surface area contributed by atoms with Crippen LogP contribution in [0.2, 0.25) is 0 Å². The maximum absolute atomic E-state index is 14.0.